The van der Waals surface area contributed by atoms with E-state index in [-0.39, 0.29) is 22.8 Å². The number of phenols is 3. The molecule has 0 aliphatic carbocycles. The van der Waals surface area contributed by atoms with Gasteiger partial charge in [-0.25, -0.2) is 5.43 Å². The van der Waals surface area contributed by atoms with Crippen molar-refractivity contribution in [1.29, 1.82) is 0 Å². The molecule has 0 aromatic heterocycles. The minimum atomic E-state index is -0.641. The van der Waals surface area contributed by atoms with Crippen LogP contribution in [0.15, 0.2) is 46.0 Å². The predicted octanol–water partition coefficient (Wildman–Crippen LogP) is 2.33. The molecule has 2 aromatic carbocycles. The molecule has 2 aromatic rings. The SMILES string of the molecule is O=C(N/N=C/c1cc(Br)ccc1O)c1ccc(O)cc1O. The van der Waals surface area contributed by atoms with Gasteiger partial charge in [-0.15, -0.1) is 0 Å². The van der Waals surface area contributed by atoms with E-state index in [9.17, 15) is 15.0 Å². The first kappa shape index (κ1) is 14.9. The normalized spacial score (nSPS) is 10.7. The van der Waals surface area contributed by atoms with E-state index in [1.807, 2.05) is 0 Å². The van der Waals surface area contributed by atoms with Gasteiger partial charge in [-0.3, -0.25) is 4.79 Å². The zero-order valence-corrected chi connectivity index (χ0v) is 12.2. The first-order chi connectivity index (χ1) is 9.97. The molecule has 0 aliphatic rings. The van der Waals surface area contributed by atoms with E-state index in [2.05, 4.69) is 26.5 Å². The molecular weight excluding hydrogens is 340 g/mol. The van der Waals surface area contributed by atoms with Gasteiger partial charge in [-0.1, -0.05) is 15.9 Å². The number of carbonyl (C=O) groups is 1. The molecule has 0 spiro atoms. The monoisotopic (exact) mass is 350 g/mol. The molecule has 4 N–H and O–H groups in total. The van der Waals surface area contributed by atoms with Crippen molar-refractivity contribution in [3.05, 3.63) is 52.0 Å². The third kappa shape index (κ3) is 3.73. The predicted molar refractivity (Wildman–Crippen MR) is 80.6 cm³/mol. The summed E-state index contributed by atoms with van der Waals surface area (Å²) in [5.74, 6) is -1.12. The second-order valence-corrected chi connectivity index (χ2v) is 5.02. The van der Waals surface area contributed by atoms with Gasteiger partial charge in [0.2, 0.25) is 0 Å². The Kier molecular flexibility index (Phi) is 4.44. The number of nitrogens with zero attached hydrogens (tertiary/aromatic N) is 1. The quantitative estimate of drug-likeness (QED) is 0.503. The molecule has 108 valence electrons. The molecule has 0 radical (unpaired) electrons. The van der Waals surface area contributed by atoms with Crippen LogP contribution >= 0.6 is 15.9 Å². The van der Waals surface area contributed by atoms with Crippen LogP contribution in [0.25, 0.3) is 0 Å². The van der Waals surface area contributed by atoms with Crippen molar-refractivity contribution in [2.24, 2.45) is 5.10 Å². The lowest BCUT2D eigenvalue weighted by Crippen LogP contribution is -2.17. The van der Waals surface area contributed by atoms with Gasteiger partial charge in [-0.2, -0.15) is 5.10 Å². The van der Waals surface area contributed by atoms with Crippen LogP contribution < -0.4 is 5.43 Å². The summed E-state index contributed by atoms with van der Waals surface area (Å²) in [6, 6.07) is 8.38. The zero-order chi connectivity index (χ0) is 15.4. The van der Waals surface area contributed by atoms with E-state index >= 15 is 0 Å². The minimum Gasteiger partial charge on any atom is -0.508 e. The van der Waals surface area contributed by atoms with Crippen molar-refractivity contribution in [2.75, 3.05) is 0 Å². The minimum absolute atomic E-state index is 0.0173. The highest BCUT2D eigenvalue weighted by atomic mass is 79.9. The lowest BCUT2D eigenvalue weighted by molar-refractivity contribution is 0.0952. The number of benzene rings is 2. The topological polar surface area (TPSA) is 102 Å². The van der Waals surface area contributed by atoms with Gasteiger partial charge >= 0.3 is 0 Å². The van der Waals surface area contributed by atoms with Gasteiger partial charge in [0.05, 0.1) is 11.8 Å². The van der Waals surface area contributed by atoms with Crippen LogP contribution in [-0.4, -0.2) is 27.4 Å². The molecule has 1 amide bonds. The van der Waals surface area contributed by atoms with Crippen molar-refractivity contribution >= 4 is 28.1 Å². The van der Waals surface area contributed by atoms with E-state index in [1.165, 1.54) is 24.4 Å². The standard InChI is InChI=1S/C14H11BrN2O4/c15-9-1-4-12(19)8(5-9)7-16-17-14(21)11-3-2-10(18)6-13(11)20/h1-7,18-20H,(H,17,21)/b16-7+. The molecule has 0 fully saturated rings. The van der Waals surface area contributed by atoms with E-state index in [4.69, 9.17) is 5.11 Å². The molecule has 2 rings (SSSR count). The fourth-order valence-electron chi connectivity index (χ4n) is 1.56. The van der Waals surface area contributed by atoms with Crippen LogP contribution in [0.4, 0.5) is 0 Å². The number of aromatic hydroxyl groups is 3. The molecule has 21 heavy (non-hydrogen) atoms. The van der Waals surface area contributed by atoms with Gasteiger partial charge < -0.3 is 15.3 Å². The molecule has 0 bridgehead atoms. The fraction of sp³-hybridized carbons (Fsp3) is 0. The maximum absolute atomic E-state index is 11.8. The Morgan fingerprint density at radius 2 is 1.86 bits per heavy atom. The first-order valence-electron chi connectivity index (χ1n) is 5.81. The number of halogens is 1. The molecule has 0 atom stereocenters. The van der Waals surface area contributed by atoms with E-state index in [0.29, 0.717) is 5.56 Å². The fourth-order valence-corrected chi connectivity index (χ4v) is 1.94. The van der Waals surface area contributed by atoms with Crippen LogP contribution in [0, 0.1) is 0 Å². The summed E-state index contributed by atoms with van der Waals surface area (Å²) in [7, 11) is 0. The maximum Gasteiger partial charge on any atom is 0.275 e. The zero-order valence-electron chi connectivity index (χ0n) is 10.6. The number of carbonyl (C=O) groups excluding carboxylic acids is 1. The van der Waals surface area contributed by atoms with Crippen LogP contribution in [0.1, 0.15) is 15.9 Å². The summed E-state index contributed by atoms with van der Waals surface area (Å²) in [6.45, 7) is 0. The number of amides is 1. The van der Waals surface area contributed by atoms with Crippen LogP contribution in [0.3, 0.4) is 0 Å². The number of hydrazone groups is 1. The highest BCUT2D eigenvalue weighted by molar-refractivity contribution is 9.10. The molecule has 6 nitrogen and oxygen atoms in total. The Morgan fingerprint density at radius 3 is 2.57 bits per heavy atom. The van der Waals surface area contributed by atoms with Gasteiger partial charge in [0.1, 0.15) is 17.2 Å². The number of nitrogens with one attached hydrogen (secondary N) is 1. The average molecular weight is 351 g/mol. The largest absolute Gasteiger partial charge is 0.508 e. The summed E-state index contributed by atoms with van der Waals surface area (Å²) in [4.78, 5) is 11.8. The molecule has 0 saturated heterocycles. The Labute approximate surface area is 128 Å². The number of hydrogen-bond acceptors (Lipinski definition) is 5. The second kappa shape index (κ2) is 6.27. The van der Waals surface area contributed by atoms with E-state index in [1.54, 1.807) is 12.1 Å². The third-order valence-electron chi connectivity index (χ3n) is 2.59. The summed E-state index contributed by atoms with van der Waals surface area (Å²) in [5, 5.41) is 32.0. The number of hydrogen-bond donors (Lipinski definition) is 4. The molecule has 0 saturated carbocycles. The Bertz CT molecular complexity index is 716. The van der Waals surface area contributed by atoms with Crippen molar-refractivity contribution in [3.8, 4) is 17.2 Å². The molecule has 0 unspecified atom stereocenters. The first-order valence-corrected chi connectivity index (χ1v) is 6.60. The molecule has 7 heteroatoms. The van der Waals surface area contributed by atoms with Gasteiger partial charge in [0, 0.05) is 16.1 Å². The summed E-state index contributed by atoms with van der Waals surface area (Å²) in [6.07, 6.45) is 1.27. The molecule has 0 aliphatic heterocycles. The van der Waals surface area contributed by atoms with E-state index in [0.717, 1.165) is 10.5 Å². The second-order valence-electron chi connectivity index (χ2n) is 4.10. The van der Waals surface area contributed by atoms with E-state index < -0.39 is 5.91 Å². The van der Waals surface area contributed by atoms with Gasteiger partial charge in [-0.05, 0) is 30.3 Å². The van der Waals surface area contributed by atoms with Crippen LogP contribution in [0.5, 0.6) is 17.2 Å². The summed E-state index contributed by atoms with van der Waals surface area (Å²) < 4.78 is 0.754. The van der Waals surface area contributed by atoms with Crippen molar-refractivity contribution in [3.63, 3.8) is 0 Å². The number of phenolic OH excluding ortho intramolecular Hbond substituents is 3. The molecular formula is C14H11BrN2O4. The van der Waals surface area contributed by atoms with Crippen molar-refractivity contribution < 1.29 is 20.1 Å². The number of rotatable bonds is 3. The maximum atomic E-state index is 11.8. The smallest absolute Gasteiger partial charge is 0.275 e. The summed E-state index contributed by atoms with van der Waals surface area (Å²) in [5.41, 5.74) is 2.61. The average Bonchev–Trinajstić information content (AvgIpc) is 2.42. The highest BCUT2D eigenvalue weighted by Crippen LogP contribution is 2.22. The van der Waals surface area contributed by atoms with Crippen molar-refractivity contribution in [2.45, 2.75) is 0 Å². The van der Waals surface area contributed by atoms with Crippen LogP contribution in [-0.2, 0) is 0 Å². The van der Waals surface area contributed by atoms with Crippen molar-refractivity contribution in [1.82, 2.24) is 5.43 Å². The summed E-state index contributed by atoms with van der Waals surface area (Å²) >= 11 is 3.25. The lowest BCUT2D eigenvalue weighted by Gasteiger charge is -2.03. The van der Waals surface area contributed by atoms with Crippen LogP contribution in [0.2, 0.25) is 0 Å². The van der Waals surface area contributed by atoms with Gasteiger partial charge in [0.25, 0.3) is 5.91 Å². The Morgan fingerprint density at radius 1 is 1.10 bits per heavy atom. The Balaban J connectivity index is 2.10. The lowest BCUT2D eigenvalue weighted by atomic mass is 10.2. The Hall–Kier alpha value is -2.54. The highest BCUT2D eigenvalue weighted by Gasteiger charge is 2.10. The molecule has 0 heterocycles. The van der Waals surface area contributed by atoms with Gasteiger partial charge in [0.15, 0.2) is 0 Å². The third-order valence-corrected chi connectivity index (χ3v) is 3.08.